The molecule has 5 nitrogen and oxygen atoms in total. The number of hydrogen-bond acceptors (Lipinski definition) is 5. The molecule has 5 heteroatoms. The second-order valence-electron chi connectivity index (χ2n) is 6.00. The standard InChI is InChI=1S/C15H25N5/c1-3-16-15-9-17-12(8-18-15)10-20-7-6-13-4-5-14(11-20)19(13)2/h8-9,13-14H,3-7,10-11H2,1-2H3,(H,16,18). The molecule has 2 bridgehead atoms. The van der Waals surface area contributed by atoms with E-state index < -0.39 is 0 Å². The maximum absolute atomic E-state index is 4.52. The van der Waals surface area contributed by atoms with Crippen LogP contribution < -0.4 is 5.32 Å². The molecule has 0 aliphatic carbocycles. The van der Waals surface area contributed by atoms with Crippen LogP contribution in [-0.4, -0.2) is 58.5 Å². The van der Waals surface area contributed by atoms with Crippen molar-refractivity contribution in [2.75, 3.05) is 32.0 Å². The first-order valence-corrected chi connectivity index (χ1v) is 7.75. The average Bonchev–Trinajstić information content (AvgIpc) is 2.69. The van der Waals surface area contributed by atoms with Gasteiger partial charge in [0.05, 0.1) is 18.1 Å². The highest BCUT2D eigenvalue weighted by Crippen LogP contribution is 2.28. The van der Waals surface area contributed by atoms with Crippen molar-refractivity contribution in [1.29, 1.82) is 0 Å². The predicted molar refractivity (Wildman–Crippen MR) is 80.7 cm³/mol. The molecule has 2 aliphatic heterocycles. The summed E-state index contributed by atoms with van der Waals surface area (Å²) in [4.78, 5) is 14.1. The van der Waals surface area contributed by atoms with Crippen molar-refractivity contribution in [1.82, 2.24) is 19.8 Å². The lowest BCUT2D eigenvalue weighted by Gasteiger charge is -2.25. The molecular formula is C15H25N5. The number of anilines is 1. The minimum Gasteiger partial charge on any atom is -0.369 e. The van der Waals surface area contributed by atoms with Gasteiger partial charge in [-0.25, -0.2) is 4.98 Å². The largest absolute Gasteiger partial charge is 0.369 e. The first-order valence-electron chi connectivity index (χ1n) is 7.75. The molecule has 0 radical (unpaired) electrons. The Morgan fingerprint density at radius 3 is 2.80 bits per heavy atom. The zero-order valence-corrected chi connectivity index (χ0v) is 12.5. The van der Waals surface area contributed by atoms with Crippen LogP contribution in [0, 0.1) is 0 Å². The lowest BCUT2D eigenvalue weighted by molar-refractivity contribution is 0.213. The second kappa shape index (κ2) is 6.06. The molecule has 0 aromatic carbocycles. The van der Waals surface area contributed by atoms with Gasteiger partial charge in [-0.2, -0.15) is 0 Å². The van der Waals surface area contributed by atoms with Crippen LogP contribution in [0.2, 0.25) is 0 Å². The van der Waals surface area contributed by atoms with Crippen molar-refractivity contribution >= 4 is 5.82 Å². The lowest BCUT2D eigenvalue weighted by atomic mass is 10.1. The molecule has 1 aromatic heterocycles. The van der Waals surface area contributed by atoms with E-state index in [1.165, 1.54) is 32.4 Å². The summed E-state index contributed by atoms with van der Waals surface area (Å²) in [5.41, 5.74) is 1.08. The van der Waals surface area contributed by atoms with E-state index in [9.17, 15) is 0 Å². The van der Waals surface area contributed by atoms with Crippen LogP contribution in [-0.2, 0) is 6.54 Å². The lowest BCUT2D eigenvalue weighted by Crippen LogP contribution is -2.36. The van der Waals surface area contributed by atoms with Crippen molar-refractivity contribution in [3.05, 3.63) is 18.1 Å². The average molecular weight is 275 g/mol. The molecule has 2 aliphatic rings. The van der Waals surface area contributed by atoms with E-state index in [4.69, 9.17) is 0 Å². The molecule has 0 amide bonds. The molecular weight excluding hydrogens is 250 g/mol. The number of nitrogens with one attached hydrogen (secondary N) is 1. The summed E-state index contributed by atoms with van der Waals surface area (Å²) >= 11 is 0. The summed E-state index contributed by atoms with van der Waals surface area (Å²) in [6.45, 7) is 6.23. The second-order valence-corrected chi connectivity index (χ2v) is 6.00. The SMILES string of the molecule is CCNc1cnc(CN2CCC3CCC(C2)N3C)cn1. The van der Waals surface area contributed by atoms with Crippen LogP contribution in [0.1, 0.15) is 31.9 Å². The summed E-state index contributed by atoms with van der Waals surface area (Å²) in [6, 6.07) is 1.53. The van der Waals surface area contributed by atoms with Gasteiger partial charge >= 0.3 is 0 Å². The van der Waals surface area contributed by atoms with Crippen LogP contribution >= 0.6 is 0 Å². The van der Waals surface area contributed by atoms with Gasteiger partial charge in [-0.1, -0.05) is 0 Å². The highest BCUT2D eigenvalue weighted by atomic mass is 15.3. The smallest absolute Gasteiger partial charge is 0.144 e. The first kappa shape index (κ1) is 13.8. The van der Waals surface area contributed by atoms with Gasteiger partial charge in [0.15, 0.2) is 0 Å². The molecule has 3 heterocycles. The van der Waals surface area contributed by atoms with E-state index in [1.807, 2.05) is 12.4 Å². The third-order valence-corrected chi connectivity index (χ3v) is 4.68. The van der Waals surface area contributed by atoms with Gasteiger partial charge in [-0.3, -0.25) is 14.8 Å². The Bertz CT molecular complexity index is 432. The van der Waals surface area contributed by atoms with Gasteiger partial charge in [-0.05, 0) is 33.2 Å². The Morgan fingerprint density at radius 1 is 1.20 bits per heavy atom. The van der Waals surface area contributed by atoms with Crippen molar-refractivity contribution in [3.63, 3.8) is 0 Å². The van der Waals surface area contributed by atoms with E-state index in [2.05, 4.69) is 39.1 Å². The molecule has 2 saturated heterocycles. The van der Waals surface area contributed by atoms with Crippen molar-refractivity contribution in [2.24, 2.45) is 0 Å². The number of aromatic nitrogens is 2. The highest BCUT2D eigenvalue weighted by Gasteiger charge is 2.34. The molecule has 2 fully saturated rings. The van der Waals surface area contributed by atoms with Crippen LogP contribution in [0.15, 0.2) is 12.4 Å². The Morgan fingerprint density at radius 2 is 2.05 bits per heavy atom. The van der Waals surface area contributed by atoms with Crippen LogP contribution in [0.25, 0.3) is 0 Å². The maximum atomic E-state index is 4.52. The number of likely N-dealkylation sites (N-methyl/N-ethyl adjacent to an activating group) is 1. The Labute approximate surface area is 121 Å². The molecule has 1 aromatic rings. The Kier molecular flexibility index (Phi) is 4.17. The number of nitrogens with zero attached hydrogens (tertiary/aromatic N) is 4. The van der Waals surface area contributed by atoms with Crippen molar-refractivity contribution in [2.45, 2.75) is 44.8 Å². The number of rotatable bonds is 4. The van der Waals surface area contributed by atoms with E-state index in [1.54, 1.807) is 0 Å². The summed E-state index contributed by atoms with van der Waals surface area (Å²) in [6.07, 6.45) is 7.77. The van der Waals surface area contributed by atoms with E-state index >= 15 is 0 Å². The Hall–Kier alpha value is -1.20. The van der Waals surface area contributed by atoms with Gasteiger partial charge < -0.3 is 5.32 Å². The molecule has 1 N–H and O–H groups in total. The normalized spacial score (nSPS) is 27.5. The number of likely N-dealkylation sites (tertiary alicyclic amines) is 1. The molecule has 0 spiro atoms. The van der Waals surface area contributed by atoms with Gasteiger partial charge in [-0.15, -0.1) is 0 Å². The van der Waals surface area contributed by atoms with Crippen molar-refractivity contribution < 1.29 is 0 Å². The van der Waals surface area contributed by atoms with E-state index in [0.29, 0.717) is 0 Å². The molecule has 2 atom stereocenters. The minimum atomic E-state index is 0.733. The molecule has 3 rings (SSSR count). The van der Waals surface area contributed by atoms with Gasteiger partial charge in [0, 0.05) is 38.3 Å². The van der Waals surface area contributed by atoms with Gasteiger partial charge in [0.1, 0.15) is 5.82 Å². The van der Waals surface area contributed by atoms with Crippen LogP contribution in [0.5, 0.6) is 0 Å². The fourth-order valence-electron chi connectivity index (χ4n) is 3.46. The Balaban J connectivity index is 1.60. The van der Waals surface area contributed by atoms with Crippen LogP contribution in [0.4, 0.5) is 5.82 Å². The minimum absolute atomic E-state index is 0.733. The van der Waals surface area contributed by atoms with E-state index in [-0.39, 0.29) is 0 Å². The fourth-order valence-corrected chi connectivity index (χ4v) is 3.46. The summed E-state index contributed by atoms with van der Waals surface area (Å²) < 4.78 is 0. The predicted octanol–water partition coefficient (Wildman–Crippen LogP) is 1.58. The molecule has 0 saturated carbocycles. The zero-order valence-electron chi connectivity index (χ0n) is 12.5. The van der Waals surface area contributed by atoms with Gasteiger partial charge in [0.2, 0.25) is 0 Å². The fraction of sp³-hybridized carbons (Fsp3) is 0.733. The third kappa shape index (κ3) is 2.94. The van der Waals surface area contributed by atoms with Crippen LogP contribution in [0.3, 0.4) is 0 Å². The van der Waals surface area contributed by atoms with Gasteiger partial charge in [0.25, 0.3) is 0 Å². The zero-order chi connectivity index (χ0) is 13.9. The van der Waals surface area contributed by atoms with E-state index in [0.717, 1.165) is 36.7 Å². The topological polar surface area (TPSA) is 44.3 Å². The number of fused-ring (bicyclic) bond motifs is 2. The summed E-state index contributed by atoms with van der Waals surface area (Å²) in [7, 11) is 2.29. The quantitative estimate of drug-likeness (QED) is 0.904. The van der Waals surface area contributed by atoms with Crippen molar-refractivity contribution in [3.8, 4) is 0 Å². The molecule has 20 heavy (non-hydrogen) atoms. The third-order valence-electron chi connectivity index (χ3n) is 4.68. The monoisotopic (exact) mass is 275 g/mol. The maximum Gasteiger partial charge on any atom is 0.144 e. The summed E-state index contributed by atoms with van der Waals surface area (Å²) in [5, 5.41) is 3.18. The first-order chi connectivity index (χ1) is 9.76. The number of hydrogen-bond donors (Lipinski definition) is 1. The molecule has 2 unspecified atom stereocenters. The molecule has 110 valence electrons. The highest BCUT2D eigenvalue weighted by molar-refractivity contribution is 5.30. The summed E-state index contributed by atoms with van der Waals surface area (Å²) in [5.74, 6) is 0.867.